The largest absolute Gasteiger partial charge is 0.378 e. The predicted molar refractivity (Wildman–Crippen MR) is 90.1 cm³/mol. The number of aromatic nitrogens is 1. The maximum absolute atomic E-state index is 11.9. The molecule has 1 heterocycles. The molecule has 3 rings (SSSR count). The van der Waals surface area contributed by atoms with Gasteiger partial charge in [0, 0.05) is 28.6 Å². The fraction of sp³-hybridized carbons (Fsp3) is 0.167. The van der Waals surface area contributed by atoms with E-state index in [0.717, 1.165) is 10.8 Å². The van der Waals surface area contributed by atoms with E-state index in [4.69, 9.17) is 0 Å². The standard InChI is InChI=1S/C18H17NO2S/c1-22(21)13-18(20,15-8-3-2-4-9-15)17-16-10-6-5-7-14(16)11-12-19-17/h2-12,20H,13H2,1H3/t18-,22-/m0/s1. The molecule has 0 fully saturated rings. The number of hydrogen-bond donors (Lipinski definition) is 1. The Balaban J connectivity index is 2.27. The molecule has 0 aliphatic heterocycles. The van der Waals surface area contributed by atoms with Crippen LogP contribution >= 0.6 is 0 Å². The molecule has 1 N–H and O–H groups in total. The lowest BCUT2D eigenvalue weighted by Crippen LogP contribution is -2.34. The average molecular weight is 311 g/mol. The first-order chi connectivity index (χ1) is 10.6. The Hall–Kier alpha value is -2.04. The number of hydrogen-bond acceptors (Lipinski definition) is 3. The van der Waals surface area contributed by atoms with Crippen LogP contribution < -0.4 is 0 Å². The molecule has 3 nitrogen and oxygen atoms in total. The second-order valence-corrected chi connectivity index (χ2v) is 6.76. The molecule has 22 heavy (non-hydrogen) atoms. The van der Waals surface area contributed by atoms with Crippen LogP contribution in [0.1, 0.15) is 11.3 Å². The number of pyridine rings is 1. The molecule has 2 aromatic carbocycles. The molecule has 0 radical (unpaired) electrons. The van der Waals surface area contributed by atoms with E-state index < -0.39 is 16.4 Å². The maximum atomic E-state index is 11.9. The monoisotopic (exact) mass is 311 g/mol. The third-order valence-corrected chi connectivity index (χ3v) is 4.55. The average Bonchev–Trinajstić information content (AvgIpc) is 2.54. The molecule has 0 spiro atoms. The number of fused-ring (bicyclic) bond motifs is 1. The summed E-state index contributed by atoms with van der Waals surface area (Å²) < 4.78 is 11.9. The van der Waals surface area contributed by atoms with Crippen molar-refractivity contribution in [2.45, 2.75) is 5.60 Å². The first-order valence-corrected chi connectivity index (χ1v) is 8.76. The van der Waals surface area contributed by atoms with Crippen LogP contribution in [0.3, 0.4) is 0 Å². The van der Waals surface area contributed by atoms with Crippen molar-refractivity contribution in [3.63, 3.8) is 0 Å². The van der Waals surface area contributed by atoms with Crippen LogP contribution in [0, 0.1) is 0 Å². The highest BCUT2D eigenvalue weighted by molar-refractivity contribution is 7.84. The zero-order valence-electron chi connectivity index (χ0n) is 12.3. The second-order valence-electron chi connectivity index (χ2n) is 5.32. The Kier molecular flexibility index (Phi) is 4.05. The molecule has 2 atom stereocenters. The summed E-state index contributed by atoms with van der Waals surface area (Å²) in [5.74, 6) is 0.109. The van der Waals surface area contributed by atoms with Crippen LogP contribution in [0.2, 0.25) is 0 Å². The number of rotatable bonds is 4. The van der Waals surface area contributed by atoms with E-state index >= 15 is 0 Å². The fourth-order valence-corrected chi connectivity index (χ4v) is 3.64. The number of nitrogens with zero attached hydrogens (tertiary/aromatic N) is 1. The van der Waals surface area contributed by atoms with Gasteiger partial charge in [-0.2, -0.15) is 0 Å². The van der Waals surface area contributed by atoms with Crippen molar-refractivity contribution >= 4 is 21.6 Å². The van der Waals surface area contributed by atoms with Gasteiger partial charge in [-0.05, 0) is 17.0 Å². The smallest absolute Gasteiger partial charge is 0.143 e. The normalized spacial score (nSPS) is 15.4. The Morgan fingerprint density at radius 1 is 1.05 bits per heavy atom. The third kappa shape index (κ3) is 2.67. The van der Waals surface area contributed by atoms with Gasteiger partial charge in [-0.3, -0.25) is 9.19 Å². The summed E-state index contributed by atoms with van der Waals surface area (Å²) in [6.07, 6.45) is 3.28. The first-order valence-electron chi connectivity index (χ1n) is 7.03. The van der Waals surface area contributed by atoms with Gasteiger partial charge in [-0.1, -0.05) is 54.6 Å². The quantitative estimate of drug-likeness (QED) is 0.806. The molecule has 0 aliphatic rings. The molecule has 0 amide bonds. The van der Waals surface area contributed by atoms with Crippen LogP contribution in [0.25, 0.3) is 10.8 Å². The van der Waals surface area contributed by atoms with Crippen molar-refractivity contribution in [1.29, 1.82) is 0 Å². The molecule has 0 saturated carbocycles. The Bertz CT molecular complexity index is 814. The van der Waals surface area contributed by atoms with Crippen molar-refractivity contribution < 1.29 is 9.32 Å². The number of aliphatic hydroxyl groups is 1. The van der Waals surface area contributed by atoms with Gasteiger partial charge in [0.2, 0.25) is 0 Å². The lowest BCUT2D eigenvalue weighted by atomic mass is 9.89. The van der Waals surface area contributed by atoms with Crippen molar-refractivity contribution in [3.05, 3.63) is 78.1 Å². The molecular formula is C18H17NO2S. The van der Waals surface area contributed by atoms with Gasteiger partial charge < -0.3 is 5.11 Å². The van der Waals surface area contributed by atoms with Crippen molar-refractivity contribution in [3.8, 4) is 0 Å². The zero-order valence-corrected chi connectivity index (χ0v) is 13.1. The molecule has 1 aromatic heterocycles. The molecule has 0 aliphatic carbocycles. The Morgan fingerprint density at radius 3 is 2.45 bits per heavy atom. The Labute approximate surface area is 132 Å². The molecule has 4 heteroatoms. The summed E-state index contributed by atoms with van der Waals surface area (Å²) in [5.41, 5.74) is -0.122. The van der Waals surface area contributed by atoms with E-state index in [1.54, 1.807) is 12.5 Å². The molecule has 0 bridgehead atoms. The van der Waals surface area contributed by atoms with E-state index in [9.17, 15) is 9.32 Å². The highest BCUT2D eigenvalue weighted by atomic mass is 32.2. The van der Waals surface area contributed by atoms with Gasteiger partial charge in [-0.25, -0.2) is 0 Å². The minimum atomic E-state index is -1.37. The first kappa shape index (κ1) is 14.9. The van der Waals surface area contributed by atoms with Gasteiger partial charge in [0.05, 0.1) is 11.4 Å². The van der Waals surface area contributed by atoms with Crippen molar-refractivity contribution in [1.82, 2.24) is 4.98 Å². The van der Waals surface area contributed by atoms with Gasteiger partial charge in [-0.15, -0.1) is 0 Å². The highest BCUT2D eigenvalue weighted by Gasteiger charge is 2.35. The summed E-state index contributed by atoms with van der Waals surface area (Å²) >= 11 is 0. The predicted octanol–water partition coefficient (Wildman–Crippen LogP) is 2.85. The summed E-state index contributed by atoms with van der Waals surface area (Å²) in [6.45, 7) is 0. The van der Waals surface area contributed by atoms with Gasteiger partial charge in [0.15, 0.2) is 0 Å². The minimum absolute atomic E-state index is 0.109. The van der Waals surface area contributed by atoms with Crippen LogP contribution in [0.5, 0.6) is 0 Å². The van der Waals surface area contributed by atoms with Crippen molar-refractivity contribution in [2.24, 2.45) is 0 Å². The second kappa shape index (κ2) is 5.99. The lowest BCUT2D eigenvalue weighted by molar-refractivity contribution is 0.104. The molecule has 0 saturated heterocycles. The molecule has 112 valence electrons. The van der Waals surface area contributed by atoms with E-state index in [-0.39, 0.29) is 5.75 Å². The van der Waals surface area contributed by atoms with Gasteiger partial charge >= 0.3 is 0 Å². The van der Waals surface area contributed by atoms with E-state index in [2.05, 4.69) is 4.98 Å². The van der Waals surface area contributed by atoms with Gasteiger partial charge in [0.25, 0.3) is 0 Å². The molecular weight excluding hydrogens is 294 g/mol. The van der Waals surface area contributed by atoms with Crippen LogP contribution in [0.4, 0.5) is 0 Å². The Morgan fingerprint density at radius 2 is 1.73 bits per heavy atom. The SMILES string of the molecule is C[S@](=O)C[C@](O)(c1ccccc1)c1nccc2ccccc12. The highest BCUT2D eigenvalue weighted by Crippen LogP contribution is 2.33. The maximum Gasteiger partial charge on any atom is 0.143 e. The minimum Gasteiger partial charge on any atom is -0.378 e. The van der Waals surface area contributed by atoms with Crippen LogP contribution in [-0.4, -0.2) is 26.3 Å². The number of benzene rings is 2. The zero-order chi connectivity index (χ0) is 15.6. The fourth-order valence-electron chi connectivity index (χ4n) is 2.75. The third-order valence-electron chi connectivity index (χ3n) is 3.73. The van der Waals surface area contributed by atoms with Gasteiger partial charge in [0.1, 0.15) is 5.60 Å². The summed E-state index contributed by atoms with van der Waals surface area (Å²) in [7, 11) is -1.17. The molecule has 3 aromatic rings. The summed E-state index contributed by atoms with van der Waals surface area (Å²) in [5, 5.41) is 13.2. The van der Waals surface area contributed by atoms with Crippen LogP contribution in [-0.2, 0) is 16.4 Å². The summed E-state index contributed by atoms with van der Waals surface area (Å²) in [6, 6.07) is 19.0. The molecule has 0 unspecified atom stereocenters. The van der Waals surface area contributed by atoms with E-state index in [1.165, 1.54) is 0 Å². The van der Waals surface area contributed by atoms with Crippen molar-refractivity contribution in [2.75, 3.05) is 12.0 Å². The summed E-state index contributed by atoms with van der Waals surface area (Å²) in [4.78, 5) is 4.42. The lowest BCUT2D eigenvalue weighted by Gasteiger charge is -2.28. The van der Waals surface area contributed by atoms with E-state index in [1.807, 2.05) is 60.7 Å². The van der Waals surface area contributed by atoms with Crippen LogP contribution in [0.15, 0.2) is 66.9 Å². The van der Waals surface area contributed by atoms with E-state index in [0.29, 0.717) is 11.3 Å². The topological polar surface area (TPSA) is 50.2 Å².